The Hall–Kier alpha value is -3.46. The first kappa shape index (κ1) is 24.7. The molecule has 184 valence electrons. The quantitative estimate of drug-likeness (QED) is 0.331. The van der Waals surface area contributed by atoms with Crippen molar-refractivity contribution in [1.29, 1.82) is 0 Å². The number of unbranched alkanes of at least 4 members (excludes halogenated alkanes) is 1. The number of hydrogen-bond donors (Lipinski definition) is 1. The van der Waals surface area contributed by atoms with Gasteiger partial charge in [0.05, 0.1) is 16.7 Å². The summed E-state index contributed by atoms with van der Waals surface area (Å²) in [6.07, 6.45) is 2.89. The van der Waals surface area contributed by atoms with Gasteiger partial charge in [0.25, 0.3) is 11.6 Å². The number of barbiturate groups is 1. The Balaban J connectivity index is 1.91. The number of halogens is 1. The van der Waals surface area contributed by atoms with E-state index < -0.39 is 34.2 Å². The predicted octanol–water partition coefficient (Wildman–Crippen LogP) is 4.85. The number of benzene rings is 2. The summed E-state index contributed by atoms with van der Waals surface area (Å²) in [5.41, 5.74) is -0.124. The number of fused-ring (bicyclic) bond motifs is 1. The van der Waals surface area contributed by atoms with Gasteiger partial charge in [-0.15, -0.1) is 0 Å². The van der Waals surface area contributed by atoms with Crippen LogP contribution in [0.1, 0.15) is 45.1 Å². The van der Waals surface area contributed by atoms with Crippen LogP contribution in [0.15, 0.2) is 42.5 Å². The first-order valence-electron chi connectivity index (χ1n) is 11.7. The molecule has 4 rings (SSSR count). The summed E-state index contributed by atoms with van der Waals surface area (Å²) in [4.78, 5) is 54.7. The van der Waals surface area contributed by atoms with Crippen LogP contribution < -0.4 is 15.1 Å². The molecular formula is C25H27ClN4O5. The van der Waals surface area contributed by atoms with Gasteiger partial charge in [-0.1, -0.05) is 38.3 Å². The van der Waals surface area contributed by atoms with Crippen LogP contribution in [0.3, 0.4) is 0 Å². The molecule has 2 aromatic carbocycles. The van der Waals surface area contributed by atoms with E-state index in [2.05, 4.69) is 5.32 Å². The second-order valence-corrected chi connectivity index (χ2v) is 9.38. The minimum atomic E-state index is -1.63. The van der Waals surface area contributed by atoms with Gasteiger partial charge in [-0.25, -0.2) is 9.69 Å². The van der Waals surface area contributed by atoms with Crippen molar-refractivity contribution in [2.24, 2.45) is 5.41 Å². The van der Waals surface area contributed by atoms with Crippen LogP contribution in [-0.2, 0) is 16.0 Å². The molecule has 0 saturated carbocycles. The van der Waals surface area contributed by atoms with Gasteiger partial charge < -0.3 is 4.90 Å². The number of urea groups is 1. The Labute approximate surface area is 208 Å². The molecule has 10 heteroatoms. The normalized spacial score (nSPS) is 21.8. The molecule has 0 bridgehead atoms. The van der Waals surface area contributed by atoms with Crippen molar-refractivity contribution in [3.63, 3.8) is 0 Å². The van der Waals surface area contributed by atoms with E-state index in [-0.39, 0.29) is 12.1 Å². The van der Waals surface area contributed by atoms with Gasteiger partial charge in [0.15, 0.2) is 5.41 Å². The summed E-state index contributed by atoms with van der Waals surface area (Å²) in [5.74, 6) is -1.31. The van der Waals surface area contributed by atoms with Gasteiger partial charge in [-0.3, -0.25) is 25.0 Å². The van der Waals surface area contributed by atoms with E-state index in [4.69, 9.17) is 11.6 Å². The number of hydrogen-bond acceptors (Lipinski definition) is 6. The lowest BCUT2D eigenvalue weighted by molar-refractivity contribution is -0.384. The lowest BCUT2D eigenvalue weighted by atomic mass is 9.67. The van der Waals surface area contributed by atoms with Gasteiger partial charge in [-0.05, 0) is 48.7 Å². The Bertz CT molecular complexity index is 1180. The van der Waals surface area contributed by atoms with E-state index >= 15 is 0 Å². The van der Waals surface area contributed by atoms with Gasteiger partial charge >= 0.3 is 6.03 Å². The van der Waals surface area contributed by atoms with E-state index in [1.165, 1.54) is 12.1 Å². The monoisotopic (exact) mass is 498 g/mol. The van der Waals surface area contributed by atoms with Crippen LogP contribution in [0, 0.1) is 15.5 Å². The van der Waals surface area contributed by atoms with Gasteiger partial charge in [-0.2, -0.15) is 0 Å². The molecule has 2 aliphatic heterocycles. The smallest absolute Gasteiger partial charge is 0.335 e. The summed E-state index contributed by atoms with van der Waals surface area (Å²) in [6.45, 7) is 4.60. The minimum Gasteiger partial charge on any atom is -0.367 e. The van der Waals surface area contributed by atoms with Crippen molar-refractivity contribution in [2.75, 3.05) is 16.3 Å². The van der Waals surface area contributed by atoms with Crippen LogP contribution in [-0.4, -0.2) is 35.4 Å². The van der Waals surface area contributed by atoms with Crippen molar-refractivity contribution in [3.05, 3.63) is 63.2 Å². The number of nitro groups is 1. The fourth-order valence-corrected chi connectivity index (χ4v) is 5.29. The number of carbonyl (C=O) groups excluding carboxylic acids is 3. The van der Waals surface area contributed by atoms with Crippen molar-refractivity contribution in [2.45, 2.75) is 52.0 Å². The molecule has 1 spiro atoms. The number of rotatable bonds is 7. The first-order valence-corrected chi connectivity index (χ1v) is 12.1. The summed E-state index contributed by atoms with van der Waals surface area (Å²) in [5, 5.41) is 14.3. The largest absolute Gasteiger partial charge is 0.367 e. The SMILES string of the molecule is CCCCN1c2ccc([N+](=O)[O-])cc2C[C@]2(C(=O)NC(=O)N(c3ccc(Cl)cc3)C2=O)[C@@H]1CCC. The number of anilines is 2. The number of imide groups is 2. The van der Waals surface area contributed by atoms with E-state index in [0.29, 0.717) is 35.7 Å². The molecule has 0 aromatic heterocycles. The molecule has 0 unspecified atom stereocenters. The number of nitro benzene ring substituents is 1. The molecule has 9 nitrogen and oxygen atoms in total. The fourth-order valence-electron chi connectivity index (χ4n) is 5.17. The maximum Gasteiger partial charge on any atom is 0.335 e. The predicted molar refractivity (Wildman–Crippen MR) is 133 cm³/mol. The molecule has 2 atom stereocenters. The van der Waals surface area contributed by atoms with Gasteiger partial charge in [0.2, 0.25) is 5.91 Å². The molecule has 2 aromatic rings. The average molecular weight is 499 g/mol. The van der Waals surface area contributed by atoms with Crippen LogP contribution in [0.25, 0.3) is 0 Å². The lowest BCUT2D eigenvalue weighted by Crippen LogP contribution is -2.72. The number of non-ortho nitro benzene ring substituents is 1. The first-order chi connectivity index (χ1) is 16.7. The number of nitrogens with one attached hydrogen (secondary N) is 1. The molecule has 4 amide bonds. The number of carbonyl (C=O) groups is 3. The third-order valence-electron chi connectivity index (χ3n) is 6.81. The zero-order valence-electron chi connectivity index (χ0n) is 19.6. The molecule has 2 heterocycles. The van der Waals surface area contributed by atoms with E-state index in [0.717, 1.165) is 23.4 Å². The van der Waals surface area contributed by atoms with Gasteiger partial charge in [0.1, 0.15) is 0 Å². The standard InChI is InChI=1S/C25H27ClN4O5/c1-3-5-13-28-20-12-11-19(30(34)35)14-16(20)15-25(21(28)6-4-2)22(31)27-24(33)29(23(25)32)18-9-7-17(26)8-10-18/h7-12,14,21H,3-6,13,15H2,1-2H3,(H,27,31,33)/t21-,25+/m0/s1. The fraction of sp³-hybridized carbons (Fsp3) is 0.400. The van der Waals surface area contributed by atoms with Crippen molar-refractivity contribution in [1.82, 2.24) is 5.32 Å². The van der Waals surface area contributed by atoms with Crippen LogP contribution in [0.5, 0.6) is 0 Å². The maximum atomic E-state index is 14.2. The number of nitrogens with zero attached hydrogens (tertiary/aromatic N) is 3. The Kier molecular flexibility index (Phi) is 6.80. The summed E-state index contributed by atoms with van der Waals surface area (Å²) >= 11 is 6.00. The Morgan fingerprint density at radius 2 is 1.83 bits per heavy atom. The molecule has 1 N–H and O–H groups in total. The Morgan fingerprint density at radius 3 is 2.46 bits per heavy atom. The molecular weight excluding hydrogens is 472 g/mol. The van der Waals surface area contributed by atoms with Crippen LogP contribution in [0.4, 0.5) is 21.9 Å². The van der Waals surface area contributed by atoms with Crippen molar-refractivity contribution in [3.8, 4) is 0 Å². The highest BCUT2D eigenvalue weighted by Crippen LogP contribution is 2.47. The summed E-state index contributed by atoms with van der Waals surface area (Å²) in [7, 11) is 0. The molecule has 1 fully saturated rings. The van der Waals surface area contributed by atoms with E-state index in [9.17, 15) is 24.5 Å². The number of amides is 4. The molecule has 2 aliphatic rings. The molecule has 0 radical (unpaired) electrons. The maximum absolute atomic E-state index is 14.2. The van der Waals surface area contributed by atoms with Crippen LogP contribution in [0.2, 0.25) is 5.02 Å². The highest BCUT2D eigenvalue weighted by atomic mass is 35.5. The second kappa shape index (κ2) is 9.65. The third kappa shape index (κ3) is 4.14. The topological polar surface area (TPSA) is 113 Å². The summed E-state index contributed by atoms with van der Waals surface area (Å²) in [6, 6.07) is 9.47. The van der Waals surface area contributed by atoms with E-state index in [1.54, 1.807) is 30.3 Å². The summed E-state index contributed by atoms with van der Waals surface area (Å²) < 4.78 is 0. The zero-order chi connectivity index (χ0) is 25.3. The average Bonchev–Trinajstić information content (AvgIpc) is 2.83. The second-order valence-electron chi connectivity index (χ2n) is 8.95. The third-order valence-corrected chi connectivity index (χ3v) is 7.06. The van der Waals surface area contributed by atoms with Crippen molar-refractivity contribution >= 4 is 46.5 Å². The highest BCUT2D eigenvalue weighted by Gasteiger charge is 2.62. The Morgan fingerprint density at radius 1 is 1.11 bits per heavy atom. The van der Waals surface area contributed by atoms with E-state index in [1.807, 2.05) is 18.7 Å². The highest BCUT2D eigenvalue weighted by molar-refractivity contribution is 6.32. The minimum absolute atomic E-state index is 0.0423. The molecule has 0 aliphatic carbocycles. The lowest BCUT2D eigenvalue weighted by Gasteiger charge is -2.52. The van der Waals surface area contributed by atoms with Crippen molar-refractivity contribution < 1.29 is 19.3 Å². The van der Waals surface area contributed by atoms with Crippen LogP contribution >= 0.6 is 11.6 Å². The zero-order valence-corrected chi connectivity index (χ0v) is 20.4. The molecule has 35 heavy (non-hydrogen) atoms. The van der Waals surface area contributed by atoms with Gasteiger partial charge in [0, 0.05) is 35.8 Å². The molecule has 1 saturated heterocycles.